The summed E-state index contributed by atoms with van der Waals surface area (Å²) >= 11 is 0. The van der Waals surface area contributed by atoms with Crippen molar-refractivity contribution in [1.82, 2.24) is 43.4 Å². The number of halogens is 6. The van der Waals surface area contributed by atoms with E-state index in [9.17, 15) is 41.7 Å². The van der Waals surface area contributed by atoms with E-state index in [1.807, 2.05) is 62.4 Å². The Kier molecular flexibility index (Phi) is 17.4. The average Bonchev–Trinajstić information content (AvgIpc) is 1.61. The van der Waals surface area contributed by atoms with E-state index >= 15 is 0 Å². The van der Waals surface area contributed by atoms with Crippen molar-refractivity contribution in [3.05, 3.63) is 194 Å². The number of benzene rings is 3. The molecule has 15 rings (SSSR count). The Hall–Kier alpha value is -6.93. The summed E-state index contributed by atoms with van der Waals surface area (Å²) in [6.45, 7) is 13.6. The lowest BCUT2D eigenvalue weighted by Crippen LogP contribution is -2.39. The topological polar surface area (TPSA) is 124 Å². The van der Waals surface area contributed by atoms with Crippen LogP contribution in [0, 0.1) is 12.7 Å². The number of rotatable bonds is 11. The van der Waals surface area contributed by atoms with E-state index in [0.717, 1.165) is 134 Å². The average molecular weight is 1250 g/mol. The Bertz CT molecular complexity index is 4080. The summed E-state index contributed by atoms with van der Waals surface area (Å²) in [5.74, 6) is -0.321. The molecule has 6 aliphatic heterocycles. The van der Waals surface area contributed by atoms with Crippen LogP contribution < -0.4 is 0 Å². The van der Waals surface area contributed by atoms with Gasteiger partial charge in [-0.2, -0.15) is 13.2 Å². The summed E-state index contributed by atoms with van der Waals surface area (Å²) < 4.78 is 85.7. The molecule has 0 saturated carbocycles. The minimum absolute atomic E-state index is 0.266. The second-order valence-electron chi connectivity index (χ2n) is 26.9. The number of pyridine rings is 3. The van der Waals surface area contributed by atoms with Crippen LogP contribution in [0.5, 0.6) is 0 Å². The van der Waals surface area contributed by atoms with Crippen molar-refractivity contribution in [1.29, 1.82) is 0 Å². The summed E-state index contributed by atoms with van der Waals surface area (Å²) in [7, 11) is 0. The van der Waals surface area contributed by atoms with Crippen molar-refractivity contribution in [2.45, 2.75) is 179 Å². The van der Waals surface area contributed by atoms with Gasteiger partial charge in [0.05, 0.1) is 69.7 Å². The Morgan fingerprint density at radius 1 is 0.429 bits per heavy atom. The zero-order valence-electron chi connectivity index (χ0n) is 52.6. The molecule has 6 aliphatic rings. The summed E-state index contributed by atoms with van der Waals surface area (Å²) in [5.41, 5.74) is 12.9. The van der Waals surface area contributed by atoms with Gasteiger partial charge in [0.25, 0.3) is 0 Å². The van der Waals surface area contributed by atoms with E-state index in [-0.39, 0.29) is 12.4 Å². The highest BCUT2D eigenvalue weighted by molar-refractivity contribution is 5.85. The molecular formula is C73H83F6N9O3. The van der Waals surface area contributed by atoms with Gasteiger partial charge in [-0.15, -0.1) is 0 Å². The molecule has 12 heterocycles. The molecule has 3 saturated heterocycles. The molecule has 12 nitrogen and oxygen atoms in total. The first-order valence-corrected chi connectivity index (χ1v) is 32.7. The molecule has 6 atom stereocenters. The summed E-state index contributed by atoms with van der Waals surface area (Å²) in [6, 6.07) is 33.2. The van der Waals surface area contributed by atoms with E-state index in [0.29, 0.717) is 53.7 Å². The fourth-order valence-electron chi connectivity index (χ4n) is 15.9. The number of aliphatic hydroxyl groups is 3. The van der Waals surface area contributed by atoms with Crippen LogP contribution in [0.25, 0.3) is 33.1 Å². The molecule has 0 amide bonds. The summed E-state index contributed by atoms with van der Waals surface area (Å²) in [6.07, 6.45) is 8.92. The third-order valence-electron chi connectivity index (χ3n) is 20.5. The second-order valence-corrected chi connectivity index (χ2v) is 26.9. The zero-order valence-corrected chi connectivity index (χ0v) is 52.6. The van der Waals surface area contributed by atoms with Gasteiger partial charge < -0.3 is 29.0 Å². The zero-order chi connectivity index (χ0) is 63.6. The molecule has 3 N–H and O–H groups in total. The van der Waals surface area contributed by atoms with Crippen LogP contribution in [0.15, 0.2) is 115 Å². The Balaban J connectivity index is 0.000000125. The highest BCUT2D eigenvalue weighted by atomic mass is 19.4. The quantitative estimate of drug-likeness (QED) is 0.109. The van der Waals surface area contributed by atoms with Crippen molar-refractivity contribution >= 4 is 33.1 Å². The molecule has 3 aromatic carbocycles. The Morgan fingerprint density at radius 2 is 0.780 bits per heavy atom. The van der Waals surface area contributed by atoms with Gasteiger partial charge in [-0.05, 0) is 163 Å². The third-order valence-corrected chi connectivity index (χ3v) is 20.5. The Labute approximate surface area is 528 Å². The molecule has 480 valence electrons. The van der Waals surface area contributed by atoms with Crippen LogP contribution in [0.2, 0.25) is 0 Å². The minimum Gasteiger partial charge on any atom is -0.384 e. The molecule has 0 radical (unpaired) electrons. The standard InChI is InChI=1S/C25H28F3N3O.C24H27F2N3O.C24H28FN3O/c1-16-6-11-21-23(29-16)22-19-5-3-4-13-30(19)14-12-20(22)31(21)15-24(2,32)17-7-9-18(10-8-17)25(26,27)28;1-24(30,16-5-7-17(26)8-6-16)15-29-20-11-13-28-12-3-2-4-19(28)22(20)23-21(29)10-9-18(14-25)27-23;1-24(29,17-7-3-2-4-8-17)16-28-20-12-14-27-13-6-5-9-19(27)22(20)23-21(28)11-10-18(15-25)26-23/h6-11,19,32H,3-5,12-15H2,1-2H3;5-10,19,30H,2-4,11-15H2,1H3;2-4,7-8,10-11,19,29H,5-6,9,12-16H2,1H3. The maximum Gasteiger partial charge on any atom is 0.416 e. The summed E-state index contributed by atoms with van der Waals surface area (Å²) in [4.78, 5) is 21.9. The van der Waals surface area contributed by atoms with Crippen LogP contribution in [-0.4, -0.2) is 97.9 Å². The predicted molar refractivity (Wildman–Crippen MR) is 342 cm³/mol. The van der Waals surface area contributed by atoms with Crippen molar-refractivity contribution in [2.24, 2.45) is 0 Å². The van der Waals surface area contributed by atoms with E-state index in [2.05, 4.69) is 39.5 Å². The monoisotopic (exact) mass is 1250 g/mol. The van der Waals surface area contributed by atoms with Gasteiger partial charge in [-0.3, -0.25) is 19.7 Å². The molecule has 9 aromatic rings. The van der Waals surface area contributed by atoms with E-state index < -0.39 is 41.9 Å². The number of alkyl halides is 5. The lowest BCUT2D eigenvalue weighted by Gasteiger charge is -2.40. The van der Waals surface area contributed by atoms with Crippen LogP contribution in [-0.2, 0) is 75.2 Å². The maximum atomic E-state index is 13.4. The van der Waals surface area contributed by atoms with Crippen LogP contribution >= 0.6 is 0 Å². The van der Waals surface area contributed by atoms with Gasteiger partial charge in [0, 0.05) is 96.5 Å². The van der Waals surface area contributed by atoms with Crippen LogP contribution in [0.3, 0.4) is 0 Å². The van der Waals surface area contributed by atoms with Crippen LogP contribution in [0.4, 0.5) is 26.3 Å². The fraction of sp³-hybridized carbons (Fsp3) is 0.466. The number of piperidine rings is 3. The maximum absolute atomic E-state index is 13.4. The van der Waals surface area contributed by atoms with Crippen molar-refractivity contribution < 1.29 is 41.7 Å². The van der Waals surface area contributed by atoms with Crippen LogP contribution in [0.1, 0.15) is 170 Å². The molecule has 6 unspecified atom stereocenters. The van der Waals surface area contributed by atoms with E-state index in [1.54, 1.807) is 38.1 Å². The van der Waals surface area contributed by atoms with Gasteiger partial charge in [0.15, 0.2) is 0 Å². The molecule has 18 heteroatoms. The predicted octanol–water partition coefficient (Wildman–Crippen LogP) is 14.5. The normalized spacial score (nSPS) is 21.4. The van der Waals surface area contributed by atoms with Crippen molar-refractivity contribution in [2.75, 3.05) is 39.3 Å². The van der Waals surface area contributed by atoms with E-state index in [1.165, 1.54) is 96.6 Å². The third kappa shape index (κ3) is 12.3. The minimum atomic E-state index is -4.39. The number of aromatic nitrogens is 6. The first kappa shape index (κ1) is 62.9. The molecular weight excluding hydrogens is 1160 g/mol. The molecule has 0 spiro atoms. The smallest absolute Gasteiger partial charge is 0.384 e. The molecule has 3 fully saturated rings. The lowest BCUT2D eigenvalue weighted by atomic mass is 9.90. The second kappa shape index (κ2) is 25.2. The largest absolute Gasteiger partial charge is 0.416 e. The number of fused-ring (bicyclic) bond motifs is 15. The van der Waals surface area contributed by atoms with Gasteiger partial charge in [-0.25, -0.2) is 23.1 Å². The molecule has 91 heavy (non-hydrogen) atoms. The highest BCUT2D eigenvalue weighted by Gasteiger charge is 2.41. The first-order valence-electron chi connectivity index (χ1n) is 32.7. The SMILES string of the molecule is CC(O)(Cn1c2c(c3nc(CF)ccc31)C1CCCCN1CC2)c1ccc(F)cc1.CC(O)(Cn1c2c(c3nc(CF)ccc31)C1CCCCN1CC2)c1ccccc1.Cc1ccc2c(n1)c1c(n2CC(C)(O)c2ccc(C(F)(F)F)cc2)CCN2CCCCC12. The number of nitrogens with zero attached hydrogens (tertiary/aromatic N) is 9. The van der Waals surface area contributed by atoms with Gasteiger partial charge >= 0.3 is 6.18 Å². The molecule has 0 aliphatic carbocycles. The Morgan fingerprint density at radius 3 is 1.16 bits per heavy atom. The summed E-state index contributed by atoms with van der Waals surface area (Å²) in [5, 5.41) is 34.0. The fourth-order valence-corrected chi connectivity index (χ4v) is 15.9. The number of hydrogen-bond donors (Lipinski definition) is 3. The van der Waals surface area contributed by atoms with Crippen molar-refractivity contribution in [3.8, 4) is 0 Å². The molecule has 6 aromatic heterocycles. The molecule has 0 bridgehead atoms. The first-order chi connectivity index (χ1) is 43.7. The number of aryl methyl sites for hydroxylation is 1. The van der Waals surface area contributed by atoms with Gasteiger partial charge in [0.2, 0.25) is 0 Å². The highest BCUT2D eigenvalue weighted by Crippen LogP contribution is 2.47. The lowest BCUT2D eigenvalue weighted by molar-refractivity contribution is -0.137. The van der Waals surface area contributed by atoms with Crippen molar-refractivity contribution in [3.63, 3.8) is 0 Å². The van der Waals surface area contributed by atoms with E-state index in [4.69, 9.17) is 9.97 Å². The number of hydrogen-bond acceptors (Lipinski definition) is 9. The van der Waals surface area contributed by atoms with Gasteiger partial charge in [0.1, 0.15) is 36.0 Å². The van der Waals surface area contributed by atoms with Gasteiger partial charge in [-0.1, -0.05) is 73.9 Å².